The minimum Gasteiger partial charge on any atom is -0.490 e. The number of piperidine rings is 1. The van der Waals surface area contributed by atoms with Gasteiger partial charge < -0.3 is 15.0 Å². The Morgan fingerprint density at radius 2 is 1.95 bits per heavy atom. The number of hydrogen-bond donors (Lipinski definition) is 1. The van der Waals surface area contributed by atoms with Crippen LogP contribution < -0.4 is 10.1 Å². The molecule has 0 aromatic heterocycles. The Balaban J connectivity index is 1.63. The van der Waals surface area contributed by atoms with Crippen molar-refractivity contribution in [3.05, 3.63) is 42.5 Å². The molecule has 0 aliphatic carbocycles. The number of carbonyl (C=O) groups is 1. The Labute approximate surface area is 132 Å². The maximum atomic E-state index is 12.7. The summed E-state index contributed by atoms with van der Waals surface area (Å²) in [5.74, 6) is 0.862. The van der Waals surface area contributed by atoms with Crippen LogP contribution in [0.25, 0.3) is 0 Å². The molecule has 4 nitrogen and oxygen atoms in total. The number of hydrogen-bond acceptors (Lipinski definition) is 3. The molecule has 1 amide bonds. The molecular weight excluding hydrogens is 276 g/mol. The monoisotopic (exact) mass is 300 g/mol. The Morgan fingerprint density at radius 1 is 1.32 bits per heavy atom. The van der Waals surface area contributed by atoms with Gasteiger partial charge >= 0.3 is 0 Å². The van der Waals surface area contributed by atoms with Crippen molar-refractivity contribution in [2.24, 2.45) is 0 Å². The quantitative estimate of drug-likeness (QED) is 0.850. The van der Waals surface area contributed by atoms with Crippen LogP contribution in [-0.2, 0) is 0 Å². The number of rotatable bonds is 5. The number of ether oxygens (including phenoxy) is 1. The van der Waals surface area contributed by atoms with Gasteiger partial charge in [0.1, 0.15) is 12.4 Å². The van der Waals surface area contributed by atoms with Crippen LogP contribution in [0.1, 0.15) is 36.0 Å². The average molecular weight is 300 g/mol. The van der Waals surface area contributed by atoms with Crippen LogP contribution >= 0.6 is 0 Å². The molecule has 3 rings (SSSR count). The van der Waals surface area contributed by atoms with Crippen LogP contribution in [0.5, 0.6) is 5.75 Å². The molecule has 1 aromatic carbocycles. The van der Waals surface area contributed by atoms with Crippen molar-refractivity contribution < 1.29 is 9.53 Å². The number of nitrogens with one attached hydrogen (secondary N) is 1. The first-order valence-electron chi connectivity index (χ1n) is 8.04. The highest BCUT2D eigenvalue weighted by molar-refractivity contribution is 5.94. The second-order valence-corrected chi connectivity index (χ2v) is 6.30. The number of benzene rings is 1. The third kappa shape index (κ3) is 3.17. The number of nitrogens with zero attached hydrogens (tertiary/aromatic N) is 1. The fraction of sp³-hybridized carbons (Fsp3) is 0.500. The second kappa shape index (κ2) is 6.53. The highest BCUT2D eigenvalue weighted by Gasteiger charge is 2.36. The van der Waals surface area contributed by atoms with Crippen LogP contribution in [-0.4, -0.2) is 42.6 Å². The topological polar surface area (TPSA) is 41.6 Å². The first-order valence-corrected chi connectivity index (χ1v) is 8.04. The maximum absolute atomic E-state index is 12.7. The summed E-state index contributed by atoms with van der Waals surface area (Å²) in [5, 5.41) is 3.62. The van der Waals surface area contributed by atoms with Crippen LogP contribution in [0.2, 0.25) is 0 Å². The maximum Gasteiger partial charge on any atom is 0.253 e. The van der Waals surface area contributed by atoms with Gasteiger partial charge in [0.2, 0.25) is 0 Å². The number of fused-ring (bicyclic) bond motifs is 2. The highest BCUT2D eigenvalue weighted by Crippen LogP contribution is 2.30. The molecule has 22 heavy (non-hydrogen) atoms. The average Bonchev–Trinajstić information content (AvgIpc) is 2.90. The molecule has 4 heteroatoms. The Kier molecular flexibility index (Phi) is 4.48. The molecule has 118 valence electrons. The Bertz CT molecular complexity index is 529. The van der Waals surface area contributed by atoms with E-state index in [9.17, 15) is 4.79 Å². The number of amides is 1. The standard InChI is InChI=1S/C18H24N2O2/c1-3-10-22-17-8-4-13(5-9-17)18(21)20(2)16-11-14-6-7-15(12-16)19-14/h3-5,8-9,14-16,19H,1,6-7,10-12H2,2H3. The molecule has 0 spiro atoms. The van der Waals surface area contributed by atoms with E-state index in [0.717, 1.165) is 24.2 Å². The number of carbonyl (C=O) groups excluding carboxylic acids is 1. The zero-order valence-corrected chi connectivity index (χ0v) is 13.1. The van der Waals surface area contributed by atoms with Crippen LogP contribution in [0, 0.1) is 0 Å². The molecule has 2 aliphatic rings. The third-order valence-corrected chi connectivity index (χ3v) is 4.79. The fourth-order valence-electron chi connectivity index (χ4n) is 3.56. The zero-order chi connectivity index (χ0) is 15.5. The third-order valence-electron chi connectivity index (χ3n) is 4.79. The molecule has 2 aliphatic heterocycles. The van der Waals surface area contributed by atoms with Gasteiger partial charge in [0, 0.05) is 30.7 Å². The van der Waals surface area contributed by atoms with Gasteiger partial charge in [-0.2, -0.15) is 0 Å². The molecule has 0 radical (unpaired) electrons. The van der Waals surface area contributed by atoms with Gasteiger partial charge in [-0.1, -0.05) is 12.7 Å². The largest absolute Gasteiger partial charge is 0.490 e. The fourth-order valence-corrected chi connectivity index (χ4v) is 3.56. The summed E-state index contributed by atoms with van der Waals surface area (Å²) in [6.45, 7) is 4.10. The predicted octanol–water partition coefficient (Wildman–Crippen LogP) is 2.61. The molecular formula is C18H24N2O2. The van der Waals surface area contributed by atoms with Crippen molar-refractivity contribution in [1.29, 1.82) is 0 Å². The smallest absolute Gasteiger partial charge is 0.253 e. The minimum absolute atomic E-state index is 0.0987. The van der Waals surface area contributed by atoms with Gasteiger partial charge in [-0.05, 0) is 49.9 Å². The van der Waals surface area contributed by atoms with E-state index in [0.29, 0.717) is 24.7 Å². The van der Waals surface area contributed by atoms with Crippen molar-refractivity contribution in [3.63, 3.8) is 0 Å². The molecule has 2 unspecified atom stereocenters. The van der Waals surface area contributed by atoms with E-state index in [1.54, 1.807) is 6.08 Å². The SMILES string of the molecule is C=CCOc1ccc(C(=O)N(C)C2CC3CCC(C2)N3)cc1. The minimum atomic E-state index is 0.0987. The van der Waals surface area contributed by atoms with Crippen LogP contribution in [0.15, 0.2) is 36.9 Å². The molecule has 1 aromatic rings. The summed E-state index contributed by atoms with van der Waals surface area (Å²) in [6, 6.07) is 8.90. The van der Waals surface area contributed by atoms with Gasteiger partial charge in [0.15, 0.2) is 0 Å². The normalized spacial score (nSPS) is 26.5. The molecule has 1 N–H and O–H groups in total. The summed E-state index contributed by atoms with van der Waals surface area (Å²) < 4.78 is 5.45. The Hall–Kier alpha value is -1.81. The molecule has 2 fully saturated rings. The first kappa shape index (κ1) is 15.1. The van der Waals surface area contributed by atoms with Gasteiger partial charge in [0.05, 0.1) is 0 Å². The lowest BCUT2D eigenvalue weighted by molar-refractivity contribution is 0.0681. The van der Waals surface area contributed by atoms with E-state index < -0.39 is 0 Å². The van der Waals surface area contributed by atoms with Gasteiger partial charge in [-0.15, -0.1) is 0 Å². The van der Waals surface area contributed by atoms with Crippen molar-refractivity contribution in [3.8, 4) is 5.75 Å². The zero-order valence-electron chi connectivity index (χ0n) is 13.1. The van der Waals surface area contributed by atoms with E-state index in [1.807, 2.05) is 36.2 Å². The van der Waals surface area contributed by atoms with Gasteiger partial charge in [-0.25, -0.2) is 0 Å². The van der Waals surface area contributed by atoms with Crippen LogP contribution in [0.4, 0.5) is 0 Å². The van der Waals surface area contributed by atoms with E-state index in [2.05, 4.69) is 11.9 Å². The lowest BCUT2D eigenvalue weighted by Crippen LogP contribution is -2.48. The highest BCUT2D eigenvalue weighted by atomic mass is 16.5. The Morgan fingerprint density at radius 3 is 2.55 bits per heavy atom. The summed E-state index contributed by atoms with van der Waals surface area (Å²) >= 11 is 0. The predicted molar refractivity (Wildman–Crippen MR) is 87.2 cm³/mol. The van der Waals surface area contributed by atoms with E-state index in [-0.39, 0.29) is 5.91 Å². The summed E-state index contributed by atoms with van der Waals surface area (Å²) in [7, 11) is 1.93. The van der Waals surface area contributed by atoms with E-state index in [1.165, 1.54) is 12.8 Å². The molecule has 2 bridgehead atoms. The lowest BCUT2D eigenvalue weighted by atomic mass is 9.98. The van der Waals surface area contributed by atoms with Crippen molar-refractivity contribution in [2.75, 3.05) is 13.7 Å². The van der Waals surface area contributed by atoms with Gasteiger partial charge in [-0.3, -0.25) is 4.79 Å². The summed E-state index contributed by atoms with van der Waals surface area (Å²) in [6.07, 6.45) is 6.34. The second-order valence-electron chi connectivity index (χ2n) is 6.30. The first-order chi connectivity index (χ1) is 10.7. The summed E-state index contributed by atoms with van der Waals surface area (Å²) in [4.78, 5) is 14.6. The van der Waals surface area contributed by atoms with Crippen molar-refractivity contribution in [2.45, 2.75) is 43.8 Å². The van der Waals surface area contributed by atoms with Crippen molar-refractivity contribution >= 4 is 5.91 Å². The lowest BCUT2D eigenvalue weighted by Gasteiger charge is -2.35. The van der Waals surface area contributed by atoms with E-state index in [4.69, 9.17) is 4.74 Å². The molecule has 2 heterocycles. The summed E-state index contributed by atoms with van der Waals surface area (Å²) in [5.41, 5.74) is 0.722. The molecule has 2 atom stereocenters. The van der Waals surface area contributed by atoms with Crippen LogP contribution in [0.3, 0.4) is 0 Å². The molecule has 0 saturated carbocycles. The molecule has 2 saturated heterocycles. The van der Waals surface area contributed by atoms with Gasteiger partial charge in [0.25, 0.3) is 5.91 Å². The van der Waals surface area contributed by atoms with Crippen molar-refractivity contribution in [1.82, 2.24) is 10.2 Å². The van der Waals surface area contributed by atoms with E-state index >= 15 is 0 Å².